The predicted molar refractivity (Wildman–Crippen MR) is 92.5 cm³/mol. The Balaban J connectivity index is 2.26. The van der Waals surface area contributed by atoms with Gasteiger partial charge in [0.05, 0.1) is 22.5 Å². The van der Waals surface area contributed by atoms with Crippen LogP contribution in [0.4, 0.5) is 17.1 Å². The molecule has 0 bridgehead atoms. The SMILES string of the molecule is CCCNc1cc(NC)c2c(c1N)C(=O)c1ccccc1C2=O. The molecule has 0 radical (unpaired) electrons. The Labute approximate surface area is 134 Å². The molecule has 118 valence electrons. The van der Waals surface area contributed by atoms with E-state index in [1.165, 1.54) is 0 Å². The zero-order chi connectivity index (χ0) is 16.6. The van der Waals surface area contributed by atoms with E-state index in [1.807, 2.05) is 6.92 Å². The van der Waals surface area contributed by atoms with E-state index in [9.17, 15) is 9.59 Å². The molecule has 3 rings (SSSR count). The Bertz CT molecular complexity index is 812. The fourth-order valence-electron chi connectivity index (χ4n) is 2.92. The number of carbonyl (C=O) groups is 2. The average Bonchev–Trinajstić information content (AvgIpc) is 2.58. The predicted octanol–water partition coefficient (Wildman–Crippen LogP) is 2.91. The summed E-state index contributed by atoms with van der Waals surface area (Å²) in [5, 5.41) is 6.23. The Morgan fingerprint density at radius 1 is 1.00 bits per heavy atom. The van der Waals surface area contributed by atoms with E-state index in [-0.39, 0.29) is 11.6 Å². The fourth-order valence-corrected chi connectivity index (χ4v) is 2.92. The highest BCUT2D eigenvalue weighted by molar-refractivity contribution is 6.32. The number of ketones is 2. The lowest BCUT2D eigenvalue weighted by Crippen LogP contribution is -2.24. The van der Waals surface area contributed by atoms with Gasteiger partial charge in [-0.1, -0.05) is 31.2 Å². The van der Waals surface area contributed by atoms with Crippen LogP contribution in [0.3, 0.4) is 0 Å². The van der Waals surface area contributed by atoms with Crippen molar-refractivity contribution in [2.45, 2.75) is 13.3 Å². The van der Waals surface area contributed by atoms with Crippen LogP contribution in [0.25, 0.3) is 0 Å². The van der Waals surface area contributed by atoms with Crippen molar-refractivity contribution in [2.75, 3.05) is 30.0 Å². The number of hydrogen-bond donors (Lipinski definition) is 3. The van der Waals surface area contributed by atoms with Gasteiger partial charge in [0.15, 0.2) is 11.6 Å². The van der Waals surface area contributed by atoms with E-state index < -0.39 is 0 Å². The molecule has 0 spiro atoms. The van der Waals surface area contributed by atoms with Crippen LogP contribution >= 0.6 is 0 Å². The lowest BCUT2D eigenvalue weighted by atomic mass is 9.82. The molecule has 0 amide bonds. The first-order chi connectivity index (χ1) is 11.1. The quantitative estimate of drug-likeness (QED) is 0.645. The van der Waals surface area contributed by atoms with Crippen molar-refractivity contribution in [3.63, 3.8) is 0 Å². The van der Waals surface area contributed by atoms with E-state index in [4.69, 9.17) is 5.73 Å². The zero-order valence-electron chi connectivity index (χ0n) is 13.2. The second-order valence-electron chi connectivity index (χ2n) is 5.52. The van der Waals surface area contributed by atoms with Crippen molar-refractivity contribution in [3.05, 3.63) is 52.6 Å². The van der Waals surface area contributed by atoms with E-state index in [0.717, 1.165) is 13.0 Å². The van der Waals surface area contributed by atoms with Crippen LogP contribution in [0.2, 0.25) is 0 Å². The Morgan fingerprint density at radius 2 is 1.61 bits per heavy atom. The molecule has 2 aromatic rings. The minimum Gasteiger partial charge on any atom is -0.396 e. The molecule has 4 N–H and O–H groups in total. The third kappa shape index (κ3) is 2.25. The normalized spacial score (nSPS) is 12.6. The highest BCUT2D eigenvalue weighted by Crippen LogP contribution is 2.39. The number of hydrogen-bond acceptors (Lipinski definition) is 5. The van der Waals surface area contributed by atoms with Crippen LogP contribution in [-0.4, -0.2) is 25.2 Å². The lowest BCUT2D eigenvalue weighted by Gasteiger charge is -2.23. The smallest absolute Gasteiger partial charge is 0.196 e. The van der Waals surface area contributed by atoms with Crippen molar-refractivity contribution in [3.8, 4) is 0 Å². The minimum atomic E-state index is -0.204. The van der Waals surface area contributed by atoms with Gasteiger partial charge in [0.2, 0.25) is 0 Å². The number of fused-ring (bicyclic) bond motifs is 2. The Kier molecular flexibility index (Phi) is 3.78. The summed E-state index contributed by atoms with van der Waals surface area (Å²) in [4.78, 5) is 25.7. The van der Waals surface area contributed by atoms with Crippen molar-refractivity contribution < 1.29 is 9.59 Å². The van der Waals surface area contributed by atoms with Gasteiger partial charge in [-0.25, -0.2) is 0 Å². The zero-order valence-corrected chi connectivity index (χ0v) is 13.2. The molecule has 0 heterocycles. The van der Waals surface area contributed by atoms with E-state index >= 15 is 0 Å². The van der Waals surface area contributed by atoms with Gasteiger partial charge in [0, 0.05) is 30.4 Å². The summed E-state index contributed by atoms with van der Waals surface area (Å²) in [6.07, 6.45) is 0.932. The maximum absolute atomic E-state index is 12.9. The number of benzene rings is 2. The van der Waals surface area contributed by atoms with E-state index in [1.54, 1.807) is 37.4 Å². The van der Waals surface area contributed by atoms with Gasteiger partial charge < -0.3 is 16.4 Å². The summed E-state index contributed by atoms with van der Waals surface area (Å²) in [6.45, 7) is 2.79. The maximum atomic E-state index is 12.9. The average molecular weight is 309 g/mol. The lowest BCUT2D eigenvalue weighted by molar-refractivity contribution is 0.0980. The van der Waals surface area contributed by atoms with Crippen LogP contribution < -0.4 is 16.4 Å². The molecule has 2 aromatic carbocycles. The van der Waals surface area contributed by atoms with Crippen molar-refractivity contribution >= 4 is 28.6 Å². The molecule has 0 saturated carbocycles. The van der Waals surface area contributed by atoms with Gasteiger partial charge in [0.1, 0.15) is 0 Å². The first-order valence-electron chi connectivity index (χ1n) is 7.66. The summed E-state index contributed by atoms with van der Waals surface area (Å²) < 4.78 is 0. The molecule has 0 unspecified atom stereocenters. The number of nitrogens with two attached hydrogens (primary N) is 1. The molecular weight excluding hydrogens is 290 g/mol. The number of rotatable bonds is 4. The number of anilines is 3. The first-order valence-corrected chi connectivity index (χ1v) is 7.66. The fraction of sp³-hybridized carbons (Fsp3) is 0.222. The molecular formula is C18H19N3O2. The van der Waals surface area contributed by atoms with Gasteiger partial charge in [-0.3, -0.25) is 9.59 Å². The summed E-state index contributed by atoms with van der Waals surface area (Å²) in [5.41, 5.74) is 9.32. The topological polar surface area (TPSA) is 84.2 Å². The summed E-state index contributed by atoms with van der Waals surface area (Å²) in [7, 11) is 1.73. The minimum absolute atomic E-state index is 0.173. The second kappa shape index (κ2) is 5.76. The monoisotopic (exact) mass is 309 g/mol. The largest absolute Gasteiger partial charge is 0.396 e. The Hall–Kier alpha value is -2.82. The molecule has 5 heteroatoms. The number of carbonyl (C=O) groups excluding carboxylic acids is 2. The standard InChI is InChI=1S/C18H19N3O2/c1-3-8-21-13-9-12(20-2)14-15(16(13)19)18(23)11-7-5-4-6-10(11)17(14)22/h4-7,9,20-21H,3,8,19H2,1-2H3. The molecule has 1 aliphatic carbocycles. The van der Waals surface area contributed by atoms with Crippen LogP contribution in [0.1, 0.15) is 45.2 Å². The van der Waals surface area contributed by atoms with Gasteiger partial charge in [-0.2, -0.15) is 0 Å². The number of nitrogen functional groups attached to an aromatic ring is 1. The van der Waals surface area contributed by atoms with Crippen LogP contribution in [0.5, 0.6) is 0 Å². The van der Waals surface area contributed by atoms with Crippen molar-refractivity contribution in [1.29, 1.82) is 0 Å². The molecule has 0 atom stereocenters. The van der Waals surface area contributed by atoms with Crippen LogP contribution in [-0.2, 0) is 0 Å². The molecule has 0 aromatic heterocycles. The highest BCUT2D eigenvalue weighted by atomic mass is 16.1. The molecule has 1 aliphatic rings. The third-order valence-electron chi connectivity index (χ3n) is 4.07. The molecule has 0 aliphatic heterocycles. The van der Waals surface area contributed by atoms with Gasteiger partial charge >= 0.3 is 0 Å². The Morgan fingerprint density at radius 3 is 2.17 bits per heavy atom. The van der Waals surface area contributed by atoms with E-state index in [0.29, 0.717) is 39.3 Å². The van der Waals surface area contributed by atoms with Gasteiger partial charge in [-0.15, -0.1) is 0 Å². The van der Waals surface area contributed by atoms with Gasteiger partial charge in [-0.05, 0) is 12.5 Å². The van der Waals surface area contributed by atoms with E-state index in [2.05, 4.69) is 10.6 Å². The van der Waals surface area contributed by atoms with Crippen LogP contribution in [0.15, 0.2) is 30.3 Å². The van der Waals surface area contributed by atoms with Crippen molar-refractivity contribution in [1.82, 2.24) is 0 Å². The molecule has 0 saturated heterocycles. The second-order valence-corrected chi connectivity index (χ2v) is 5.52. The third-order valence-corrected chi connectivity index (χ3v) is 4.07. The first kappa shape index (κ1) is 15.1. The summed E-state index contributed by atoms with van der Waals surface area (Å²) >= 11 is 0. The van der Waals surface area contributed by atoms with Crippen LogP contribution in [0, 0.1) is 0 Å². The summed E-state index contributed by atoms with van der Waals surface area (Å²) in [6, 6.07) is 8.65. The van der Waals surface area contributed by atoms with Crippen molar-refractivity contribution in [2.24, 2.45) is 0 Å². The summed E-state index contributed by atoms with van der Waals surface area (Å²) in [5.74, 6) is -0.377. The molecule has 0 fully saturated rings. The maximum Gasteiger partial charge on any atom is 0.196 e. The van der Waals surface area contributed by atoms with Gasteiger partial charge in [0.25, 0.3) is 0 Å². The molecule has 23 heavy (non-hydrogen) atoms. The highest BCUT2D eigenvalue weighted by Gasteiger charge is 2.34. The number of nitrogens with one attached hydrogen (secondary N) is 2. The molecule has 5 nitrogen and oxygen atoms in total.